The van der Waals surface area contributed by atoms with Gasteiger partial charge in [0.15, 0.2) is 0 Å². The van der Waals surface area contributed by atoms with Gasteiger partial charge in [0.05, 0.1) is 13.7 Å². The maximum absolute atomic E-state index is 11.5. The first-order chi connectivity index (χ1) is 10.3. The van der Waals surface area contributed by atoms with Crippen LogP contribution in [0.15, 0.2) is 30.3 Å². The second-order valence-electron chi connectivity index (χ2n) is 5.04. The number of benzene rings is 1. The van der Waals surface area contributed by atoms with Gasteiger partial charge in [0.1, 0.15) is 5.75 Å². The summed E-state index contributed by atoms with van der Waals surface area (Å²) in [6.07, 6.45) is 10.4. The van der Waals surface area contributed by atoms with E-state index < -0.39 is 0 Å². The molecule has 0 fully saturated rings. The van der Waals surface area contributed by atoms with Crippen molar-refractivity contribution in [3.05, 3.63) is 35.9 Å². The molecule has 0 aliphatic heterocycles. The summed E-state index contributed by atoms with van der Waals surface area (Å²) in [5.41, 5.74) is 0.951. The minimum absolute atomic E-state index is 0. The van der Waals surface area contributed by atoms with Gasteiger partial charge in [-0.15, -0.1) is 0 Å². The summed E-state index contributed by atoms with van der Waals surface area (Å²) in [4.78, 5) is 11.5. The number of rotatable bonds is 10. The van der Waals surface area contributed by atoms with Gasteiger partial charge in [0.2, 0.25) is 0 Å². The summed E-state index contributed by atoms with van der Waals surface area (Å²) in [5, 5.41) is 0. The second kappa shape index (κ2) is 14.5. The normalized spacial score (nSPS) is 10.3. The molecule has 0 saturated carbocycles. The predicted octanol–water partition coefficient (Wildman–Crippen LogP) is 1.62. The molecule has 116 valence electrons. The minimum Gasteiger partial charge on any atom is -0.497 e. The second-order valence-corrected chi connectivity index (χ2v) is 5.04. The van der Waals surface area contributed by atoms with Crippen LogP contribution < -0.4 is 56.1 Å². The van der Waals surface area contributed by atoms with E-state index in [0.29, 0.717) is 6.61 Å². The zero-order valence-electron chi connectivity index (χ0n) is 14.1. The first kappa shape index (κ1) is 21.9. The summed E-state index contributed by atoms with van der Waals surface area (Å²) in [5.74, 6) is 0.525. The van der Waals surface area contributed by atoms with Crippen molar-refractivity contribution in [2.24, 2.45) is 0 Å². The summed E-state index contributed by atoms with van der Waals surface area (Å²) in [6.45, 7) is 2.72. The molecule has 0 saturated heterocycles. The zero-order valence-corrected chi connectivity index (χ0v) is 17.3. The van der Waals surface area contributed by atoms with Crippen molar-refractivity contribution < 1.29 is 65.7 Å². The third kappa shape index (κ3) is 10.6. The van der Waals surface area contributed by atoms with Crippen molar-refractivity contribution >= 4 is 12.0 Å². The molecule has 0 unspecified atom stereocenters. The Balaban J connectivity index is 0.00000441. The molecule has 1 rings (SSSR count). The van der Waals surface area contributed by atoms with Gasteiger partial charge in [-0.3, -0.25) is 0 Å². The molecule has 0 aliphatic carbocycles. The predicted molar refractivity (Wildman–Crippen MR) is 86.4 cm³/mol. The van der Waals surface area contributed by atoms with Crippen LogP contribution in [-0.4, -0.2) is 19.7 Å². The fraction of sp³-hybridized carbons (Fsp3) is 0.500. The number of ether oxygens (including phenoxy) is 2. The van der Waals surface area contributed by atoms with Crippen LogP contribution in [0.2, 0.25) is 0 Å². The van der Waals surface area contributed by atoms with Gasteiger partial charge in [-0.1, -0.05) is 51.2 Å². The Morgan fingerprint density at radius 2 is 1.68 bits per heavy atom. The Morgan fingerprint density at radius 1 is 1.05 bits per heavy atom. The number of hydrogen-bond acceptors (Lipinski definition) is 3. The van der Waals surface area contributed by atoms with Crippen molar-refractivity contribution in [1.82, 2.24) is 0 Å². The molecule has 0 amide bonds. The van der Waals surface area contributed by atoms with Crippen LogP contribution in [0, 0.1) is 0 Å². The molecule has 0 heterocycles. The molecule has 4 heteroatoms. The van der Waals surface area contributed by atoms with Crippen molar-refractivity contribution in [2.45, 2.75) is 45.4 Å². The van der Waals surface area contributed by atoms with Gasteiger partial charge in [-0.05, 0) is 30.2 Å². The standard InChI is InChI=1S/C18H26O3.K/c1-3-4-5-6-7-8-15-21-18(19)14-11-16-9-12-17(20-2)13-10-16;/h9-14H,3-8,15H2,1-2H3;/q;+1/b14-11+;. The number of hydrogen-bond donors (Lipinski definition) is 0. The number of unbranched alkanes of at least 4 members (excludes halogenated alkanes) is 5. The summed E-state index contributed by atoms with van der Waals surface area (Å²) < 4.78 is 10.2. The van der Waals surface area contributed by atoms with Gasteiger partial charge in [-0.2, -0.15) is 0 Å². The van der Waals surface area contributed by atoms with E-state index in [1.807, 2.05) is 24.3 Å². The Labute approximate surface area is 176 Å². The number of carbonyl (C=O) groups is 1. The molecule has 0 N–H and O–H groups in total. The molecule has 0 bridgehead atoms. The number of esters is 1. The topological polar surface area (TPSA) is 35.5 Å². The van der Waals surface area contributed by atoms with Crippen molar-refractivity contribution in [1.29, 1.82) is 0 Å². The molecule has 0 radical (unpaired) electrons. The van der Waals surface area contributed by atoms with Crippen LogP contribution in [0.5, 0.6) is 5.75 Å². The third-order valence-corrected chi connectivity index (χ3v) is 3.27. The summed E-state index contributed by atoms with van der Waals surface area (Å²) in [7, 11) is 1.63. The van der Waals surface area contributed by atoms with Crippen LogP contribution in [-0.2, 0) is 9.53 Å². The fourth-order valence-electron chi connectivity index (χ4n) is 1.98. The SMILES string of the molecule is CCCCCCCCOC(=O)/C=C/c1ccc(OC)cc1.[K+]. The van der Waals surface area contributed by atoms with E-state index >= 15 is 0 Å². The van der Waals surface area contributed by atoms with E-state index in [1.54, 1.807) is 13.2 Å². The first-order valence-electron chi connectivity index (χ1n) is 7.75. The molecule has 1 aromatic rings. The Morgan fingerprint density at radius 3 is 2.32 bits per heavy atom. The van der Waals surface area contributed by atoms with Crippen LogP contribution in [0.25, 0.3) is 6.08 Å². The average Bonchev–Trinajstić information content (AvgIpc) is 2.52. The van der Waals surface area contributed by atoms with Crippen molar-refractivity contribution in [3.63, 3.8) is 0 Å². The maximum Gasteiger partial charge on any atom is 1.00 e. The third-order valence-electron chi connectivity index (χ3n) is 3.27. The number of methoxy groups -OCH3 is 1. The van der Waals surface area contributed by atoms with E-state index in [4.69, 9.17) is 9.47 Å². The molecular weight excluding hydrogens is 303 g/mol. The first-order valence-corrected chi connectivity index (χ1v) is 7.75. The van der Waals surface area contributed by atoms with E-state index in [1.165, 1.54) is 31.8 Å². The largest absolute Gasteiger partial charge is 1.00 e. The minimum atomic E-state index is -0.278. The molecule has 1 aromatic carbocycles. The van der Waals surface area contributed by atoms with Gasteiger partial charge in [-0.25, -0.2) is 4.79 Å². The van der Waals surface area contributed by atoms with Crippen LogP contribution in [0.3, 0.4) is 0 Å². The smallest absolute Gasteiger partial charge is 0.497 e. The Hall–Kier alpha value is -0.134. The summed E-state index contributed by atoms with van der Waals surface area (Å²) in [6, 6.07) is 7.52. The molecule has 0 aliphatic rings. The maximum atomic E-state index is 11.5. The van der Waals surface area contributed by atoms with E-state index in [2.05, 4.69) is 6.92 Å². The Bertz CT molecular complexity index is 426. The summed E-state index contributed by atoms with van der Waals surface area (Å²) >= 11 is 0. The Kier molecular flexibility index (Phi) is 14.4. The molecule has 22 heavy (non-hydrogen) atoms. The van der Waals surface area contributed by atoms with Crippen LogP contribution >= 0.6 is 0 Å². The average molecular weight is 330 g/mol. The van der Waals surface area contributed by atoms with Gasteiger partial charge in [0, 0.05) is 6.08 Å². The molecule has 0 aromatic heterocycles. The number of carbonyl (C=O) groups excluding carboxylic acids is 1. The van der Waals surface area contributed by atoms with Gasteiger partial charge >= 0.3 is 57.4 Å². The molecule has 0 spiro atoms. The monoisotopic (exact) mass is 329 g/mol. The quantitative estimate of drug-likeness (QED) is 0.283. The molecular formula is C18H26KO3+. The van der Waals surface area contributed by atoms with Crippen LogP contribution in [0.4, 0.5) is 0 Å². The zero-order chi connectivity index (χ0) is 15.3. The van der Waals surface area contributed by atoms with E-state index in [9.17, 15) is 4.79 Å². The molecule has 3 nitrogen and oxygen atoms in total. The fourth-order valence-corrected chi connectivity index (χ4v) is 1.98. The van der Waals surface area contributed by atoms with Gasteiger partial charge in [0.25, 0.3) is 0 Å². The molecule has 0 atom stereocenters. The van der Waals surface area contributed by atoms with E-state index in [0.717, 1.165) is 24.2 Å². The van der Waals surface area contributed by atoms with E-state index in [-0.39, 0.29) is 57.4 Å². The van der Waals surface area contributed by atoms with Crippen LogP contribution in [0.1, 0.15) is 51.0 Å². The van der Waals surface area contributed by atoms with Gasteiger partial charge < -0.3 is 9.47 Å². The van der Waals surface area contributed by atoms with Crippen molar-refractivity contribution in [2.75, 3.05) is 13.7 Å². The van der Waals surface area contributed by atoms with Crippen molar-refractivity contribution in [3.8, 4) is 5.75 Å².